The highest BCUT2D eigenvalue weighted by molar-refractivity contribution is 5.80. The third-order valence-corrected chi connectivity index (χ3v) is 5.10. The Hall–Kier alpha value is -2.54. The first-order chi connectivity index (χ1) is 14.2. The number of piperidine rings is 1. The number of methoxy groups -OCH3 is 1. The van der Waals surface area contributed by atoms with Crippen LogP contribution in [0.5, 0.6) is 5.75 Å². The summed E-state index contributed by atoms with van der Waals surface area (Å²) in [5.74, 6) is 1.80. The number of rotatable bonds is 8. The van der Waals surface area contributed by atoms with Gasteiger partial charge in [-0.1, -0.05) is 6.07 Å². The second-order valence-electron chi connectivity index (χ2n) is 7.25. The summed E-state index contributed by atoms with van der Waals surface area (Å²) in [6.07, 6.45) is 4.54. The van der Waals surface area contributed by atoms with E-state index in [0.29, 0.717) is 18.3 Å². The van der Waals surface area contributed by atoms with Gasteiger partial charge in [0.2, 0.25) is 0 Å². The second kappa shape index (κ2) is 10.9. The molecular formula is C22H31FN4O2. The summed E-state index contributed by atoms with van der Waals surface area (Å²) in [5.41, 5.74) is 0.975. The van der Waals surface area contributed by atoms with Crippen LogP contribution in [0.3, 0.4) is 0 Å². The van der Waals surface area contributed by atoms with Crippen molar-refractivity contribution in [2.45, 2.75) is 38.8 Å². The van der Waals surface area contributed by atoms with Gasteiger partial charge in [0.15, 0.2) is 17.5 Å². The molecule has 0 radical (unpaired) electrons. The first-order valence-electron chi connectivity index (χ1n) is 10.3. The van der Waals surface area contributed by atoms with Gasteiger partial charge in [0, 0.05) is 45.2 Å². The van der Waals surface area contributed by atoms with Gasteiger partial charge in [0.05, 0.1) is 13.4 Å². The van der Waals surface area contributed by atoms with Crippen LogP contribution in [-0.2, 0) is 13.0 Å². The van der Waals surface area contributed by atoms with Gasteiger partial charge in [0.1, 0.15) is 5.76 Å². The van der Waals surface area contributed by atoms with E-state index in [9.17, 15) is 4.39 Å². The molecule has 7 heteroatoms. The number of aliphatic imine (C=N–C) groups is 1. The van der Waals surface area contributed by atoms with E-state index in [1.807, 2.05) is 18.2 Å². The lowest BCUT2D eigenvalue weighted by molar-refractivity contribution is 0.198. The molecule has 0 bridgehead atoms. The minimum absolute atomic E-state index is 0.291. The molecule has 0 saturated carbocycles. The number of ether oxygens (including phenoxy) is 1. The van der Waals surface area contributed by atoms with E-state index in [1.165, 1.54) is 7.11 Å². The van der Waals surface area contributed by atoms with Crippen molar-refractivity contribution in [3.05, 3.63) is 53.7 Å². The van der Waals surface area contributed by atoms with Gasteiger partial charge < -0.3 is 19.8 Å². The number of nitrogens with one attached hydrogen (secondary N) is 2. The highest BCUT2D eigenvalue weighted by Crippen LogP contribution is 2.20. The highest BCUT2D eigenvalue weighted by Gasteiger charge is 2.20. The quantitative estimate of drug-likeness (QED) is 0.525. The third-order valence-electron chi connectivity index (χ3n) is 5.10. The molecule has 2 heterocycles. The number of likely N-dealkylation sites (tertiary alicyclic amines) is 1. The van der Waals surface area contributed by atoms with Crippen molar-refractivity contribution in [2.24, 2.45) is 4.99 Å². The third kappa shape index (κ3) is 6.49. The molecule has 0 aliphatic carbocycles. The maximum absolute atomic E-state index is 13.9. The summed E-state index contributed by atoms with van der Waals surface area (Å²) >= 11 is 0. The molecule has 6 nitrogen and oxygen atoms in total. The lowest BCUT2D eigenvalue weighted by Crippen LogP contribution is -2.48. The molecule has 2 N–H and O–H groups in total. The van der Waals surface area contributed by atoms with Gasteiger partial charge >= 0.3 is 0 Å². The molecule has 1 aliphatic heterocycles. The molecule has 29 heavy (non-hydrogen) atoms. The summed E-state index contributed by atoms with van der Waals surface area (Å²) in [7, 11) is 1.48. The summed E-state index contributed by atoms with van der Waals surface area (Å²) in [6.45, 7) is 6.28. The van der Waals surface area contributed by atoms with Crippen molar-refractivity contribution in [3.8, 4) is 5.75 Å². The van der Waals surface area contributed by atoms with Crippen LogP contribution in [-0.4, -0.2) is 50.2 Å². The molecule has 158 valence electrons. The van der Waals surface area contributed by atoms with Gasteiger partial charge in [-0.2, -0.15) is 0 Å². The summed E-state index contributed by atoms with van der Waals surface area (Å²) in [6, 6.07) is 9.46. The fraction of sp³-hybridized carbons (Fsp3) is 0.500. The van der Waals surface area contributed by atoms with Crippen LogP contribution in [0.1, 0.15) is 31.1 Å². The summed E-state index contributed by atoms with van der Waals surface area (Å²) in [4.78, 5) is 7.02. The van der Waals surface area contributed by atoms with Gasteiger partial charge in [-0.3, -0.25) is 9.89 Å². The van der Waals surface area contributed by atoms with Crippen molar-refractivity contribution in [1.82, 2.24) is 15.5 Å². The fourth-order valence-electron chi connectivity index (χ4n) is 3.55. The predicted octanol–water partition coefficient (Wildman–Crippen LogP) is 3.19. The molecule has 1 fully saturated rings. The molecule has 1 saturated heterocycles. The van der Waals surface area contributed by atoms with E-state index in [-0.39, 0.29) is 5.82 Å². The van der Waals surface area contributed by atoms with Crippen LogP contribution < -0.4 is 15.4 Å². The molecule has 0 spiro atoms. The average molecular weight is 403 g/mol. The SMILES string of the molecule is CCNC(=NCCc1ccco1)NC1CCN(Cc2ccc(OC)c(F)c2)CC1. The summed E-state index contributed by atoms with van der Waals surface area (Å²) in [5, 5.41) is 6.87. The van der Waals surface area contributed by atoms with Crippen LogP contribution in [0.2, 0.25) is 0 Å². The molecule has 3 rings (SSSR count). The Morgan fingerprint density at radius 3 is 2.79 bits per heavy atom. The molecule has 1 aliphatic rings. The molecule has 0 unspecified atom stereocenters. The Morgan fingerprint density at radius 2 is 2.14 bits per heavy atom. The van der Waals surface area contributed by atoms with Gasteiger partial charge in [-0.05, 0) is 49.6 Å². The average Bonchev–Trinajstić information content (AvgIpc) is 3.23. The van der Waals surface area contributed by atoms with Crippen LogP contribution >= 0.6 is 0 Å². The minimum atomic E-state index is -0.303. The molecule has 0 atom stereocenters. The zero-order chi connectivity index (χ0) is 20.5. The van der Waals surface area contributed by atoms with E-state index < -0.39 is 0 Å². The Morgan fingerprint density at radius 1 is 1.31 bits per heavy atom. The van der Waals surface area contributed by atoms with Gasteiger partial charge in [-0.15, -0.1) is 0 Å². The molecule has 2 aromatic rings. The number of furan rings is 1. The van der Waals surface area contributed by atoms with Crippen molar-refractivity contribution < 1.29 is 13.5 Å². The number of halogens is 1. The van der Waals surface area contributed by atoms with Crippen molar-refractivity contribution >= 4 is 5.96 Å². The summed E-state index contributed by atoms with van der Waals surface area (Å²) < 4.78 is 24.2. The standard InChI is InChI=1S/C22H31FN4O2/c1-3-24-22(25-11-8-19-5-4-14-29-19)26-18-9-12-27(13-10-18)16-17-6-7-21(28-2)20(23)15-17/h4-7,14-15,18H,3,8-13,16H2,1-2H3,(H2,24,25,26). The van der Waals surface area contributed by atoms with Crippen molar-refractivity contribution in [3.63, 3.8) is 0 Å². The fourth-order valence-corrected chi connectivity index (χ4v) is 3.55. The van der Waals surface area contributed by atoms with Crippen molar-refractivity contribution in [1.29, 1.82) is 0 Å². The normalized spacial score (nSPS) is 16.0. The number of hydrogen-bond donors (Lipinski definition) is 2. The van der Waals surface area contributed by atoms with Crippen LogP contribution in [0.25, 0.3) is 0 Å². The maximum atomic E-state index is 13.9. The first kappa shape index (κ1) is 21.2. The smallest absolute Gasteiger partial charge is 0.191 e. The van der Waals surface area contributed by atoms with Crippen LogP contribution in [0.15, 0.2) is 46.0 Å². The second-order valence-corrected chi connectivity index (χ2v) is 7.25. The Bertz CT molecular complexity index is 771. The molecule has 1 aromatic heterocycles. The topological polar surface area (TPSA) is 62.0 Å². The van der Waals surface area contributed by atoms with Gasteiger partial charge in [-0.25, -0.2) is 4.39 Å². The minimum Gasteiger partial charge on any atom is -0.494 e. The first-order valence-corrected chi connectivity index (χ1v) is 10.3. The number of benzene rings is 1. The molecule has 0 amide bonds. The van der Waals surface area contributed by atoms with Crippen LogP contribution in [0.4, 0.5) is 4.39 Å². The zero-order valence-electron chi connectivity index (χ0n) is 17.3. The largest absolute Gasteiger partial charge is 0.494 e. The zero-order valence-corrected chi connectivity index (χ0v) is 17.3. The van der Waals surface area contributed by atoms with E-state index in [4.69, 9.17) is 9.15 Å². The van der Waals surface area contributed by atoms with E-state index in [2.05, 4.69) is 27.4 Å². The maximum Gasteiger partial charge on any atom is 0.191 e. The van der Waals surface area contributed by atoms with Crippen molar-refractivity contribution in [2.75, 3.05) is 33.3 Å². The molecule has 1 aromatic carbocycles. The van der Waals surface area contributed by atoms with E-state index in [1.54, 1.807) is 18.4 Å². The molecular weight excluding hydrogens is 371 g/mol. The number of nitrogens with zero attached hydrogens (tertiary/aromatic N) is 2. The number of guanidine groups is 1. The van der Waals surface area contributed by atoms with E-state index >= 15 is 0 Å². The lowest BCUT2D eigenvalue weighted by Gasteiger charge is -2.33. The Labute approximate surface area is 172 Å². The predicted molar refractivity (Wildman–Crippen MR) is 113 cm³/mol. The lowest BCUT2D eigenvalue weighted by atomic mass is 10.0. The number of hydrogen-bond acceptors (Lipinski definition) is 4. The van der Waals surface area contributed by atoms with Gasteiger partial charge in [0.25, 0.3) is 0 Å². The monoisotopic (exact) mass is 402 g/mol. The highest BCUT2D eigenvalue weighted by atomic mass is 19.1. The Balaban J connectivity index is 1.45. The van der Waals surface area contributed by atoms with E-state index in [0.717, 1.165) is 62.7 Å². The van der Waals surface area contributed by atoms with Crippen LogP contribution in [0, 0.1) is 5.82 Å². The Kier molecular flexibility index (Phi) is 7.93.